The minimum Gasteiger partial charge on any atom is -0.508 e. The Hall–Kier alpha value is -3.86. The number of phenols is 1. The Morgan fingerprint density at radius 2 is 1.16 bits per heavy atom. The first-order chi connectivity index (χ1) is 14.7. The topological polar surface area (TPSA) is 78.4 Å². The molecule has 0 spiro atoms. The van der Waals surface area contributed by atoms with Crippen molar-refractivity contribution in [1.29, 1.82) is 0 Å². The fourth-order valence-electron chi connectivity index (χ4n) is 3.26. The third kappa shape index (κ3) is 5.60. The standard InChI is InChI=1S/C26H26N2O3/c1-16-5-11-23(18(3)13-16)27-25(30)22(15-20-7-9-21(29)10-8-20)26(31)28-24-12-6-17(2)14-19(24)4/h5-15,29H,1-4H3,(H,27,30)(H,28,31). The fraction of sp³-hybridized carbons (Fsp3) is 0.154. The highest BCUT2D eigenvalue weighted by molar-refractivity contribution is 6.29. The summed E-state index contributed by atoms with van der Waals surface area (Å²) in [6.45, 7) is 7.77. The second-order valence-electron chi connectivity index (χ2n) is 7.69. The van der Waals surface area contributed by atoms with Crippen molar-refractivity contribution in [3.63, 3.8) is 0 Å². The van der Waals surface area contributed by atoms with E-state index in [1.54, 1.807) is 12.1 Å². The second-order valence-corrected chi connectivity index (χ2v) is 7.69. The highest BCUT2D eigenvalue weighted by Crippen LogP contribution is 2.21. The molecule has 0 saturated heterocycles. The molecule has 3 aromatic rings. The van der Waals surface area contributed by atoms with Gasteiger partial charge >= 0.3 is 0 Å². The zero-order valence-electron chi connectivity index (χ0n) is 18.1. The third-order valence-electron chi connectivity index (χ3n) is 4.95. The lowest BCUT2D eigenvalue weighted by Crippen LogP contribution is -2.26. The maximum Gasteiger partial charge on any atom is 0.261 e. The van der Waals surface area contributed by atoms with E-state index in [2.05, 4.69) is 10.6 Å². The molecule has 5 heteroatoms. The van der Waals surface area contributed by atoms with E-state index in [9.17, 15) is 14.7 Å². The van der Waals surface area contributed by atoms with Crippen LogP contribution in [0.15, 0.2) is 66.2 Å². The minimum absolute atomic E-state index is 0.0364. The number of hydrogen-bond donors (Lipinski definition) is 3. The van der Waals surface area contributed by atoms with Crippen LogP contribution in [-0.2, 0) is 9.59 Å². The van der Waals surface area contributed by atoms with Crippen LogP contribution in [0.5, 0.6) is 5.75 Å². The van der Waals surface area contributed by atoms with Crippen molar-refractivity contribution in [2.24, 2.45) is 0 Å². The maximum atomic E-state index is 13.1. The summed E-state index contributed by atoms with van der Waals surface area (Å²) >= 11 is 0. The molecule has 0 bridgehead atoms. The number of anilines is 2. The number of amides is 2. The molecular formula is C26H26N2O3. The van der Waals surface area contributed by atoms with Crippen LogP contribution >= 0.6 is 0 Å². The predicted octanol–water partition coefficient (Wildman–Crippen LogP) is 5.29. The van der Waals surface area contributed by atoms with Crippen LogP contribution in [0.3, 0.4) is 0 Å². The number of rotatable bonds is 5. The maximum absolute atomic E-state index is 13.1. The summed E-state index contributed by atoms with van der Waals surface area (Å²) in [6, 6.07) is 17.7. The number of aryl methyl sites for hydroxylation is 4. The molecule has 0 aromatic heterocycles. The molecule has 3 rings (SSSR count). The molecular weight excluding hydrogens is 388 g/mol. The molecule has 31 heavy (non-hydrogen) atoms. The summed E-state index contributed by atoms with van der Waals surface area (Å²) in [7, 11) is 0. The van der Waals surface area contributed by atoms with Crippen LogP contribution in [0, 0.1) is 27.7 Å². The number of benzene rings is 3. The van der Waals surface area contributed by atoms with Gasteiger partial charge in [-0.15, -0.1) is 0 Å². The second kappa shape index (κ2) is 9.30. The van der Waals surface area contributed by atoms with Gasteiger partial charge in [0.1, 0.15) is 11.3 Å². The highest BCUT2D eigenvalue weighted by atomic mass is 16.3. The van der Waals surface area contributed by atoms with Crippen LogP contribution in [0.2, 0.25) is 0 Å². The lowest BCUT2D eigenvalue weighted by atomic mass is 10.1. The molecule has 0 radical (unpaired) electrons. The number of phenolic OH excluding ortho intramolecular Hbond substituents is 1. The Kier molecular flexibility index (Phi) is 6.55. The van der Waals surface area contributed by atoms with Crippen molar-refractivity contribution in [2.75, 3.05) is 10.6 Å². The Balaban J connectivity index is 1.94. The molecule has 0 heterocycles. The monoisotopic (exact) mass is 414 g/mol. The fourth-order valence-corrected chi connectivity index (χ4v) is 3.26. The summed E-state index contributed by atoms with van der Waals surface area (Å²) in [6.07, 6.45) is 1.51. The van der Waals surface area contributed by atoms with E-state index < -0.39 is 11.8 Å². The van der Waals surface area contributed by atoms with Gasteiger partial charge in [-0.3, -0.25) is 9.59 Å². The van der Waals surface area contributed by atoms with E-state index in [-0.39, 0.29) is 11.3 Å². The largest absolute Gasteiger partial charge is 0.508 e. The first kappa shape index (κ1) is 21.8. The smallest absolute Gasteiger partial charge is 0.261 e. The van der Waals surface area contributed by atoms with Gasteiger partial charge in [-0.1, -0.05) is 47.5 Å². The molecule has 0 aliphatic carbocycles. The van der Waals surface area contributed by atoms with Gasteiger partial charge in [0, 0.05) is 11.4 Å². The third-order valence-corrected chi connectivity index (χ3v) is 4.95. The van der Waals surface area contributed by atoms with E-state index >= 15 is 0 Å². The Bertz CT molecular complexity index is 1090. The summed E-state index contributed by atoms with van der Waals surface area (Å²) < 4.78 is 0. The van der Waals surface area contributed by atoms with Crippen LogP contribution in [0.25, 0.3) is 6.08 Å². The minimum atomic E-state index is -0.512. The molecule has 2 amide bonds. The van der Waals surface area contributed by atoms with Crippen molar-refractivity contribution in [3.05, 3.63) is 94.1 Å². The van der Waals surface area contributed by atoms with Crippen molar-refractivity contribution in [2.45, 2.75) is 27.7 Å². The predicted molar refractivity (Wildman–Crippen MR) is 125 cm³/mol. The molecule has 0 fully saturated rings. The van der Waals surface area contributed by atoms with Gasteiger partial charge in [0.25, 0.3) is 11.8 Å². The summed E-state index contributed by atoms with van der Waals surface area (Å²) in [5.74, 6) is -0.914. The summed E-state index contributed by atoms with van der Waals surface area (Å²) in [4.78, 5) is 26.2. The van der Waals surface area contributed by atoms with Gasteiger partial charge in [0.05, 0.1) is 0 Å². The molecule has 0 saturated carbocycles. The number of aromatic hydroxyl groups is 1. The lowest BCUT2D eigenvalue weighted by Gasteiger charge is -2.14. The van der Waals surface area contributed by atoms with E-state index in [1.165, 1.54) is 18.2 Å². The number of carbonyl (C=O) groups is 2. The van der Waals surface area contributed by atoms with Crippen molar-refractivity contribution >= 4 is 29.3 Å². The van der Waals surface area contributed by atoms with Gasteiger partial charge in [-0.2, -0.15) is 0 Å². The van der Waals surface area contributed by atoms with Gasteiger partial charge in [-0.25, -0.2) is 0 Å². The number of nitrogens with one attached hydrogen (secondary N) is 2. The Labute approximate surface area is 182 Å². The van der Waals surface area contributed by atoms with Crippen LogP contribution in [0.1, 0.15) is 27.8 Å². The summed E-state index contributed by atoms with van der Waals surface area (Å²) in [5, 5.41) is 15.2. The molecule has 3 N–H and O–H groups in total. The van der Waals surface area contributed by atoms with Gasteiger partial charge in [-0.05, 0) is 74.7 Å². The Morgan fingerprint density at radius 3 is 1.58 bits per heavy atom. The molecule has 3 aromatic carbocycles. The van der Waals surface area contributed by atoms with Gasteiger partial charge < -0.3 is 15.7 Å². The molecule has 0 unspecified atom stereocenters. The molecule has 158 valence electrons. The average molecular weight is 415 g/mol. The quantitative estimate of drug-likeness (QED) is 0.302. The van der Waals surface area contributed by atoms with E-state index in [4.69, 9.17) is 0 Å². The van der Waals surface area contributed by atoms with Gasteiger partial charge in [0.15, 0.2) is 0 Å². The zero-order valence-corrected chi connectivity index (χ0v) is 18.1. The summed E-state index contributed by atoms with van der Waals surface area (Å²) in [5.41, 5.74) is 5.87. The van der Waals surface area contributed by atoms with Crippen LogP contribution in [-0.4, -0.2) is 16.9 Å². The first-order valence-corrected chi connectivity index (χ1v) is 10.0. The normalized spacial score (nSPS) is 10.3. The molecule has 5 nitrogen and oxygen atoms in total. The highest BCUT2D eigenvalue weighted by Gasteiger charge is 2.20. The van der Waals surface area contributed by atoms with Crippen molar-refractivity contribution < 1.29 is 14.7 Å². The van der Waals surface area contributed by atoms with Gasteiger partial charge in [0.2, 0.25) is 0 Å². The number of carbonyl (C=O) groups excluding carboxylic acids is 2. The zero-order chi connectivity index (χ0) is 22.5. The van der Waals surface area contributed by atoms with E-state index in [1.807, 2.05) is 64.1 Å². The first-order valence-electron chi connectivity index (χ1n) is 10.0. The van der Waals surface area contributed by atoms with E-state index in [0.717, 1.165) is 22.3 Å². The molecule has 0 aliphatic heterocycles. The van der Waals surface area contributed by atoms with Crippen LogP contribution in [0.4, 0.5) is 11.4 Å². The van der Waals surface area contributed by atoms with Crippen LogP contribution < -0.4 is 10.6 Å². The van der Waals surface area contributed by atoms with Crippen molar-refractivity contribution in [3.8, 4) is 5.75 Å². The van der Waals surface area contributed by atoms with Crippen molar-refractivity contribution in [1.82, 2.24) is 0 Å². The number of hydrogen-bond acceptors (Lipinski definition) is 3. The Morgan fingerprint density at radius 1 is 0.710 bits per heavy atom. The molecule has 0 atom stereocenters. The molecule has 0 aliphatic rings. The van der Waals surface area contributed by atoms with E-state index in [0.29, 0.717) is 16.9 Å². The SMILES string of the molecule is Cc1ccc(NC(=O)C(=Cc2ccc(O)cc2)C(=O)Nc2ccc(C)cc2C)c(C)c1. The average Bonchev–Trinajstić information content (AvgIpc) is 2.71. The lowest BCUT2D eigenvalue weighted by molar-refractivity contribution is -0.118.